The van der Waals surface area contributed by atoms with Crippen molar-refractivity contribution in [1.82, 2.24) is 9.80 Å². The lowest BCUT2D eigenvalue weighted by Crippen LogP contribution is -2.47. The standard InChI is InChI=1S/C25H29F3N4O3/c1-2-31(16-22(33)30-21-11-7-6-10-20(21)25(26,27)28)17-23(34)32-14-12-18(13-15-32)24(35)29-19-8-4-3-5-9-19/h3-11,18H,2,12-17H2,1H3,(H,29,35)(H,30,33). The molecule has 0 atom stereocenters. The number of nitrogens with one attached hydrogen (secondary N) is 2. The summed E-state index contributed by atoms with van der Waals surface area (Å²) in [6.07, 6.45) is -3.52. The molecular formula is C25H29F3N4O3. The molecule has 2 N–H and O–H groups in total. The van der Waals surface area contributed by atoms with Crippen LogP contribution in [0.1, 0.15) is 25.3 Å². The number of para-hydroxylation sites is 2. The zero-order valence-corrected chi connectivity index (χ0v) is 19.5. The summed E-state index contributed by atoms with van der Waals surface area (Å²) in [5.74, 6) is -1.08. The molecule has 7 nitrogen and oxygen atoms in total. The van der Waals surface area contributed by atoms with E-state index in [2.05, 4.69) is 10.6 Å². The zero-order chi connectivity index (χ0) is 25.4. The van der Waals surface area contributed by atoms with Gasteiger partial charge in [0.15, 0.2) is 0 Å². The van der Waals surface area contributed by atoms with Gasteiger partial charge in [-0.3, -0.25) is 19.3 Å². The molecule has 188 valence electrons. The average molecular weight is 491 g/mol. The molecule has 0 bridgehead atoms. The molecule has 1 saturated heterocycles. The minimum absolute atomic E-state index is 0.0360. The van der Waals surface area contributed by atoms with E-state index in [1.807, 2.05) is 30.3 Å². The topological polar surface area (TPSA) is 81.8 Å². The van der Waals surface area contributed by atoms with Crippen LogP contribution in [0, 0.1) is 5.92 Å². The maximum absolute atomic E-state index is 13.2. The number of anilines is 2. The van der Waals surface area contributed by atoms with Crippen molar-refractivity contribution >= 4 is 29.1 Å². The fraction of sp³-hybridized carbons (Fsp3) is 0.400. The van der Waals surface area contributed by atoms with Crippen LogP contribution in [0.2, 0.25) is 0 Å². The predicted molar refractivity (Wildman–Crippen MR) is 127 cm³/mol. The van der Waals surface area contributed by atoms with Crippen LogP contribution in [0.3, 0.4) is 0 Å². The highest BCUT2D eigenvalue weighted by Gasteiger charge is 2.34. The number of carbonyl (C=O) groups is 3. The Hall–Kier alpha value is -3.40. The van der Waals surface area contributed by atoms with Gasteiger partial charge in [0.25, 0.3) is 0 Å². The fourth-order valence-corrected chi connectivity index (χ4v) is 3.96. The summed E-state index contributed by atoms with van der Waals surface area (Å²) >= 11 is 0. The van der Waals surface area contributed by atoms with E-state index < -0.39 is 17.6 Å². The van der Waals surface area contributed by atoms with Gasteiger partial charge in [-0.05, 0) is 43.7 Å². The number of alkyl halides is 3. The van der Waals surface area contributed by atoms with Crippen molar-refractivity contribution < 1.29 is 27.6 Å². The van der Waals surface area contributed by atoms with Gasteiger partial charge in [-0.2, -0.15) is 13.2 Å². The first-order valence-corrected chi connectivity index (χ1v) is 11.5. The Bertz CT molecular complexity index is 1020. The summed E-state index contributed by atoms with van der Waals surface area (Å²) in [6, 6.07) is 13.9. The number of likely N-dealkylation sites (tertiary alicyclic amines) is 1. The van der Waals surface area contributed by atoms with Crippen molar-refractivity contribution in [3.05, 3.63) is 60.2 Å². The Morgan fingerprint density at radius 1 is 0.943 bits per heavy atom. The van der Waals surface area contributed by atoms with Crippen LogP contribution in [-0.4, -0.2) is 60.2 Å². The number of hydrogen-bond donors (Lipinski definition) is 2. The predicted octanol–water partition coefficient (Wildman–Crippen LogP) is 3.84. The Morgan fingerprint density at radius 3 is 2.20 bits per heavy atom. The summed E-state index contributed by atoms with van der Waals surface area (Å²) < 4.78 is 39.5. The molecule has 0 radical (unpaired) electrons. The highest BCUT2D eigenvalue weighted by Crippen LogP contribution is 2.34. The van der Waals surface area contributed by atoms with Crippen LogP contribution < -0.4 is 10.6 Å². The van der Waals surface area contributed by atoms with Crippen molar-refractivity contribution in [2.75, 3.05) is 43.4 Å². The molecule has 3 amide bonds. The van der Waals surface area contributed by atoms with E-state index in [9.17, 15) is 27.6 Å². The Labute approximate surface area is 202 Å². The van der Waals surface area contributed by atoms with E-state index in [1.54, 1.807) is 16.7 Å². The number of nitrogens with zero attached hydrogens (tertiary/aromatic N) is 2. The van der Waals surface area contributed by atoms with Gasteiger partial charge in [0.1, 0.15) is 0 Å². The molecule has 1 aliphatic heterocycles. The minimum atomic E-state index is -4.59. The molecule has 0 aliphatic carbocycles. The van der Waals surface area contributed by atoms with Crippen molar-refractivity contribution in [2.45, 2.75) is 25.9 Å². The number of likely N-dealkylation sites (N-methyl/N-ethyl adjacent to an activating group) is 1. The van der Waals surface area contributed by atoms with E-state index in [1.165, 1.54) is 18.2 Å². The molecule has 2 aromatic carbocycles. The number of amides is 3. The third-order valence-corrected chi connectivity index (χ3v) is 5.94. The lowest BCUT2D eigenvalue weighted by Gasteiger charge is -2.33. The summed E-state index contributed by atoms with van der Waals surface area (Å²) in [5.41, 5.74) is -0.513. The second-order valence-corrected chi connectivity index (χ2v) is 8.41. The molecular weight excluding hydrogens is 461 g/mol. The quantitative estimate of drug-likeness (QED) is 0.589. The van der Waals surface area contributed by atoms with Gasteiger partial charge in [0.2, 0.25) is 17.7 Å². The van der Waals surface area contributed by atoms with Gasteiger partial charge in [-0.15, -0.1) is 0 Å². The number of piperidine rings is 1. The number of carbonyl (C=O) groups excluding carboxylic acids is 3. The Morgan fingerprint density at radius 2 is 1.57 bits per heavy atom. The summed E-state index contributed by atoms with van der Waals surface area (Å²) in [6.45, 7) is 2.74. The summed E-state index contributed by atoms with van der Waals surface area (Å²) in [7, 11) is 0. The molecule has 0 aromatic heterocycles. The molecule has 0 spiro atoms. The van der Waals surface area contributed by atoms with Crippen molar-refractivity contribution in [2.24, 2.45) is 5.92 Å². The van der Waals surface area contributed by atoms with Crippen LogP contribution in [0.15, 0.2) is 54.6 Å². The average Bonchev–Trinajstić information content (AvgIpc) is 2.84. The first-order valence-electron chi connectivity index (χ1n) is 11.5. The first kappa shape index (κ1) is 26.2. The van der Waals surface area contributed by atoms with Crippen molar-refractivity contribution in [3.63, 3.8) is 0 Å². The smallest absolute Gasteiger partial charge is 0.342 e. The number of rotatable bonds is 8. The molecule has 3 rings (SSSR count). The maximum Gasteiger partial charge on any atom is 0.418 e. The van der Waals surface area contributed by atoms with Crippen molar-refractivity contribution in [3.8, 4) is 0 Å². The van der Waals surface area contributed by atoms with Crippen LogP contribution in [0.5, 0.6) is 0 Å². The van der Waals surface area contributed by atoms with E-state index in [0.29, 0.717) is 32.5 Å². The SMILES string of the molecule is CCN(CC(=O)Nc1ccccc1C(F)(F)F)CC(=O)N1CCC(C(=O)Nc2ccccc2)CC1. The van der Waals surface area contributed by atoms with Crippen LogP contribution >= 0.6 is 0 Å². The zero-order valence-electron chi connectivity index (χ0n) is 19.5. The van der Waals surface area contributed by atoms with Crippen LogP contribution in [-0.2, 0) is 20.6 Å². The van der Waals surface area contributed by atoms with Gasteiger partial charge in [-0.25, -0.2) is 0 Å². The normalized spacial score (nSPS) is 14.6. The maximum atomic E-state index is 13.2. The van der Waals surface area contributed by atoms with Crippen LogP contribution in [0.4, 0.5) is 24.5 Å². The van der Waals surface area contributed by atoms with Gasteiger partial charge >= 0.3 is 6.18 Å². The van der Waals surface area contributed by atoms with E-state index >= 15 is 0 Å². The number of halogens is 3. The molecule has 10 heteroatoms. The van der Waals surface area contributed by atoms with Gasteiger partial charge in [-0.1, -0.05) is 37.3 Å². The lowest BCUT2D eigenvalue weighted by molar-refractivity contribution is -0.137. The highest BCUT2D eigenvalue weighted by atomic mass is 19.4. The van der Waals surface area contributed by atoms with Gasteiger partial charge in [0.05, 0.1) is 24.3 Å². The first-order chi connectivity index (χ1) is 16.7. The van der Waals surface area contributed by atoms with Crippen molar-refractivity contribution in [1.29, 1.82) is 0 Å². The molecule has 1 aliphatic rings. The highest BCUT2D eigenvalue weighted by molar-refractivity contribution is 5.94. The molecule has 35 heavy (non-hydrogen) atoms. The molecule has 0 saturated carbocycles. The third kappa shape index (κ3) is 7.54. The molecule has 2 aromatic rings. The van der Waals surface area contributed by atoms with E-state index in [4.69, 9.17) is 0 Å². The summed E-state index contributed by atoms with van der Waals surface area (Å²) in [5, 5.41) is 5.19. The second-order valence-electron chi connectivity index (χ2n) is 8.41. The second kappa shape index (κ2) is 11.8. The Kier molecular flexibility index (Phi) is 8.86. The third-order valence-electron chi connectivity index (χ3n) is 5.94. The molecule has 0 unspecified atom stereocenters. The van der Waals surface area contributed by atoms with Gasteiger partial charge in [0, 0.05) is 24.7 Å². The largest absolute Gasteiger partial charge is 0.418 e. The molecule has 1 heterocycles. The lowest BCUT2D eigenvalue weighted by atomic mass is 9.95. The van der Waals surface area contributed by atoms with E-state index in [0.717, 1.165) is 11.8 Å². The number of hydrogen-bond acceptors (Lipinski definition) is 4. The minimum Gasteiger partial charge on any atom is -0.342 e. The summed E-state index contributed by atoms with van der Waals surface area (Å²) in [4.78, 5) is 40.9. The fourth-order valence-electron chi connectivity index (χ4n) is 3.96. The Balaban J connectivity index is 1.48. The van der Waals surface area contributed by atoms with Crippen LogP contribution in [0.25, 0.3) is 0 Å². The van der Waals surface area contributed by atoms with Gasteiger partial charge < -0.3 is 15.5 Å². The molecule has 1 fully saturated rings. The van der Waals surface area contributed by atoms with E-state index in [-0.39, 0.29) is 36.5 Å². The monoisotopic (exact) mass is 490 g/mol. The number of benzene rings is 2.